The predicted octanol–water partition coefficient (Wildman–Crippen LogP) is 2.40. The van der Waals surface area contributed by atoms with Gasteiger partial charge in [-0.1, -0.05) is 17.7 Å². The van der Waals surface area contributed by atoms with Crippen molar-refractivity contribution in [3.8, 4) is 5.69 Å². The zero-order chi connectivity index (χ0) is 12.4. The average Bonchev–Trinajstić information content (AvgIpc) is 2.30. The molecule has 0 atom stereocenters. The lowest BCUT2D eigenvalue weighted by Gasteiger charge is -2.06. The van der Waals surface area contributed by atoms with Gasteiger partial charge >= 0.3 is 0 Å². The van der Waals surface area contributed by atoms with E-state index in [1.807, 2.05) is 0 Å². The molecule has 0 saturated carbocycles. The van der Waals surface area contributed by atoms with Crippen LogP contribution in [0.2, 0.25) is 5.02 Å². The molecule has 0 fully saturated rings. The molecule has 0 aliphatic heterocycles. The highest BCUT2D eigenvalue weighted by atomic mass is 35.5. The maximum absolute atomic E-state index is 11.6. The van der Waals surface area contributed by atoms with Crippen LogP contribution in [0.1, 0.15) is 0 Å². The third-order valence-electron chi connectivity index (χ3n) is 2.22. The second-order valence-electron chi connectivity index (χ2n) is 3.30. The standard InChI is InChI=1S/C11H7ClN2O3/c12-9-7-8(14(16)17)4-5-10(9)13-6-2-1-3-11(13)15/h1-7H. The van der Waals surface area contributed by atoms with Crippen LogP contribution in [-0.2, 0) is 0 Å². The predicted molar refractivity (Wildman–Crippen MR) is 63.7 cm³/mol. The van der Waals surface area contributed by atoms with Crippen molar-refractivity contribution in [2.45, 2.75) is 0 Å². The molecule has 2 aromatic rings. The lowest BCUT2D eigenvalue weighted by atomic mass is 10.2. The zero-order valence-electron chi connectivity index (χ0n) is 8.54. The van der Waals surface area contributed by atoms with Gasteiger partial charge in [0.1, 0.15) is 0 Å². The first-order valence-electron chi connectivity index (χ1n) is 4.71. The number of nitro benzene ring substituents is 1. The fraction of sp³-hybridized carbons (Fsp3) is 0. The van der Waals surface area contributed by atoms with Gasteiger partial charge in [-0.15, -0.1) is 0 Å². The first-order valence-corrected chi connectivity index (χ1v) is 5.09. The quantitative estimate of drug-likeness (QED) is 0.607. The lowest BCUT2D eigenvalue weighted by molar-refractivity contribution is -0.384. The van der Waals surface area contributed by atoms with Crippen LogP contribution in [-0.4, -0.2) is 9.49 Å². The highest BCUT2D eigenvalue weighted by Crippen LogP contribution is 2.24. The topological polar surface area (TPSA) is 65.1 Å². The zero-order valence-corrected chi connectivity index (χ0v) is 9.29. The first kappa shape index (κ1) is 11.3. The number of hydrogen-bond donors (Lipinski definition) is 0. The molecule has 0 radical (unpaired) electrons. The fourth-order valence-corrected chi connectivity index (χ4v) is 1.70. The molecular formula is C11H7ClN2O3. The van der Waals surface area contributed by atoms with Crippen LogP contribution in [0.3, 0.4) is 0 Å². The number of non-ortho nitro benzene ring substituents is 1. The van der Waals surface area contributed by atoms with Gasteiger partial charge in [0.2, 0.25) is 0 Å². The normalized spacial score (nSPS) is 10.2. The van der Waals surface area contributed by atoms with Crippen LogP contribution in [0.25, 0.3) is 5.69 Å². The molecule has 1 heterocycles. The molecule has 0 saturated heterocycles. The third kappa shape index (κ3) is 2.19. The van der Waals surface area contributed by atoms with Crippen molar-refractivity contribution in [1.29, 1.82) is 0 Å². The molecule has 0 unspecified atom stereocenters. The molecule has 0 aliphatic carbocycles. The molecule has 0 amide bonds. The Labute approximate surface area is 101 Å². The van der Waals surface area contributed by atoms with Gasteiger partial charge < -0.3 is 0 Å². The van der Waals surface area contributed by atoms with E-state index < -0.39 is 4.92 Å². The maximum Gasteiger partial charge on any atom is 0.271 e. The van der Waals surface area contributed by atoms with Crippen molar-refractivity contribution in [3.05, 3.63) is 68.1 Å². The van der Waals surface area contributed by atoms with Crippen molar-refractivity contribution in [2.75, 3.05) is 0 Å². The number of aromatic nitrogens is 1. The Morgan fingerprint density at radius 3 is 2.59 bits per heavy atom. The van der Waals surface area contributed by atoms with Crippen molar-refractivity contribution >= 4 is 17.3 Å². The molecule has 6 heteroatoms. The Bertz CT molecular complexity index is 637. The van der Waals surface area contributed by atoms with E-state index in [4.69, 9.17) is 11.6 Å². The van der Waals surface area contributed by atoms with Crippen molar-refractivity contribution < 1.29 is 4.92 Å². The van der Waals surface area contributed by atoms with E-state index in [-0.39, 0.29) is 16.3 Å². The van der Waals surface area contributed by atoms with Gasteiger partial charge in [-0.3, -0.25) is 19.5 Å². The van der Waals surface area contributed by atoms with Crippen LogP contribution < -0.4 is 5.56 Å². The molecule has 17 heavy (non-hydrogen) atoms. The minimum atomic E-state index is -0.538. The number of nitro groups is 1. The summed E-state index contributed by atoms with van der Waals surface area (Å²) in [5.74, 6) is 0. The number of hydrogen-bond acceptors (Lipinski definition) is 3. The van der Waals surface area contributed by atoms with Gasteiger partial charge in [-0.25, -0.2) is 0 Å². The molecule has 0 N–H and O–H groups in total. The molecule has 86 valence electrons. The summed E-state index contributed by atoms with van der Waals surface area (Å²) in [7, 11) is 0. The monoisotopic (exact) mass is 250 g/mol. The summed E-state index contributed by atoms with van der Waals surface area (Å²) in [5.41, 5.74) is 0.0637. The minimum Gasteiger partial charge on any atom is -0.283 e. The first-order chi connectivity index (χ1) is 8.09. The number of benzene rings is 1. The second kappa shape index (κ2) is 4.39. The summed E-state index contributed by atoms with van der Waals surface area (Å²) in [5, 5.41) is 10.7. The van der Waals surface area contributed by atoms with Crippen molar-refractivity contribution in [2.24, 2.45) is 0 Å². The number of halogens is 1. The highest BCUT2D eigenvalue weighted by molar-refractivity contribution is 6.32. The molecule has 0 aliphatic rings. The Hall–Kier alpha value is -2.14. The average molecular weight is 251 g/mol. The van der Waals surface area contributed by atoms with Gasteiger partial charge in [-0.05, 0) is 12.1 Å². The minimum absolute atomic E-state index is 0.109. The Morgan fingerprint density at radius 2 is 2.00 bits per heavy atom. The number of nitrogens with zero attached hydrogens (tertiary/aromatic N) is 2. The molecule has 0 spiro atoms. The van der Waals surface area contributed by atoms with Gasteiger partial charge in [-0.2, -0.15) is 0 Å². The summed E-state index contributed by atoms with van der Waals surface area (Å²) in [6, 6.07) is 8.65. The summed E-state index contributed by atoms with van der Waals surface area (Å²) in [4.78, 5) is 21.6. The summed E-state index contributed by atoms with van der Waals surface area (Å²) < 4.78 is 1.33. The number of rotatable bonds is 2. The highest BCUT2D eigenvalue weighted by Gasteiger charge is 2.10. The third-order valence-corrected chi connectivity index (χ3v) is 2.53. The molecule has 2 rings (SSSR count). The Balaban J connectivity index is 2.59. The molecule has 5 nitrogen and oxygen atoms in total. The summed E-state index contributed by atoms with van der Waals surface area (Å²) in [6.45, 7) is 0. The van der Waals surface area contributed by atoms with Crippen molar-refractivity contribution in [3.63, 3.8) is 0 Å². The molecule has 0 bridgehead atoms. The second-order valence-corrected chi connectivity index (χ2v) is 3.71. The van der Waals surface area contributed by atoms with Crippen LogP contribution in [0.15, 0.2) is 47.4 Å². The maximum atomic E-state index is 11.6. The van der Waals surface area contributed by atoms with E-state index in [1.54, 1.807) is 18.3 Å². The summed E-state index contributed by atoms with van der Waals surface area (Å²) in [6.07, 6.45) is 1.55. The fourth-order valence-electron chi connectivity index (χ4n) is 1.43. The van der Waals surface area contributed by atoms with E-state index in [1.165, 1.54) is 28.8 Å². The van der Waals surface area contributed by atoms with E-state index in [2.05, 4.69) is 0 Å². The van der Waals surface area contributed by atoms with Gasteiger partial charge in [0.15, 0.2) is 0 Å². The van der Waals surface area contributed by atoms with Gasteiger partial charge in [0, 0.05) is 24.4 Å². The van der Waals surface area contributed by atoms with E-state index in [9.17, 15) is 14.9 Å². The van der Waals surface area contributed by atoms with Crippen molar-refractivity contribution in [1.82, 2.24) is 4.57 Å². The molecular weight excluding hydrogens is 244 g/mol. The van der Waals surface area contributed by atoms with Gasteiger partial charge in [0.05, 0.1) is 15.6 Å². The molecule has 1 aromatic carbocycles. The Morgan fingerprint density at radius 1 is 1.24 bits per heavy atom. The van der Waals surface area contributed by atoms with Crippen LogP contribution >= 0.6 is 11.6 Å². The van der Waals surface area contributed by atoms with Gasteiger partial charge in [0.25, 0.3) is 11.2 Å². The molecule has 1 aromatic heterocycles. The van der Waals surface area contributed by atoms with E-state index >= 15 is 0 Å². The number of pyridine rings is 1. The summed E-state index contributed by atoms with van der Waals surface area (Å²) >= 11 is 5.92. The van der Waals surface area contributed by atoms with Crippen LogP contribution in [0, 0.1) is 10.1 Å². The SMILES string of the molecule is O=c1ccccn1-c1ccc([N+](=O)[O-])cc1Cl. The van der Waals surface area contributed by atoms with Crippen LogP contribution in [0.5, 0.6) is 0 Å². The smallest absolute Gasteiger partial charge is 0.271 e. The van der Waals surface area contributed by atoms with E-state index in [0.29, 0.717) is 5.69 Å². The van der Waals surface area contributed by atoms with Crippen LogP contribution in [0.4, 0.5) is 5.69 Å². The lowest BCUT2D eigenvalue weighted by Crippen LogP contribution is -2.15. The Kier molecular flexibility index (Phi) is 2.93. The largest absolute Gasteiger partial charge is 0.283 e. The van der Waals surface area contributed by atoms with E-state index in [0.717, 1.165) is 0 Å².